The first-order valence-corrected chi connectivity index (χ1v) is 7.39. The quantitative estimate of drug-likeness (QED) is 0.913. The van der Waals surface area contributed by atoms with Gasteiger partial charge in [0.05, 0.1) is 16.4 Å². The molecule has 100 valence electrons. The van der Waals surface area contributed by atoms with Gasteiger partial charge in [-0.2, -0.15) is 5.10 Å². The van der Waals surface area contributed by atoms with E-state index in [2.05, 4.69) is 10.4 Å². The van der Waals surface area contributed by atoms with Gasteiger partial charge in [-0.05, 0) is 32.1 Å². The van der Waals surface area contributed by atoms with Crippen molar-refractivity contribution in [1.29, 1.82) is 0 Å². The van der Waals surface area contributed by atoms with Gasteiger partial charge in [-0.25, -0.2) is 0 Å². The Morgan fingerprint density at radius 3 is 2.50 bits per heavy atom. The Balaban J connectivity index is 1.85. The van der Waals surface area contributed by atoms with Crippen LogP contribution in [0.5, 0.6) is 0 Å². The molecule has 4 heteroatoms. The Morgan fingerprint density at radius 1 is 1.39 bits per heavy atom. The summed E-state index contributed by atoms with van der Waals surface area (Å²) in [7, 11) is 2.02. The van der Waals surface area contributed by atoms with Crippen molar-refractivity contribution in [2.24, 2.45) is 18.4 Å². The van der Waals surface area contributed by atoms with Crippen LogP contribution in [0.3, 0.4) is 0 Å². The minimum atomic E-state index is 0.445. The van der Waals surface area contributed by atoms with Gasteiger partial charge >= 0.3 is 0 Å². The molecule has 18 heavy (non-hydrogen) atoms. The third-order valence-electron chi connectivity index (χ3n) is 4.96. The number of nitrogens with one attached hydrogen (secondary N) is 1. The highest BCUT2D eigenvalue weighted by molar-refractivity contribution is 6.31. The summed E-state index contributed by atoms with van der Waals surface area (Å²) in [6.07, 6.45) is 6.70. The van der Waals surface area contributed by atoms with Gasteiger partial charge in [0.2, 0.25) is 0 Å². The van der Waals surface area contributed by atoms with E-state index < -0.39 is 0 Å². The predicted octanol–water partition coefficient (Wildman–Crippen LogP) is 2.70. The first-order chi connectivity index (χ1) is 8.62. The van der Waals surface area contributed by atoms with Gasteiger partial charge in [0, 0.05) is 25.6 Å². The molecule has 1 aliphatic carbocycles. The number of hydrogen-bond acceptors (Lipinski definition) is 2. The van der Waals surface area contributed by atoms with Gasteiger partial charge in [-0.15, -0.1) is 0 Å². The summed E-state index contributed by atoms with van der Waals surface area (Å²) >= 11 is 6.40. The van der Waals surface area contributed by atoms with Crippen LogP contribution in [-0.2, 0) is 13.5 Å². The van der Waals surface area contributed by atoms with Gasteiger partial charge in [-0.1, -0.05) is 24.4 Å². The maximum atomic E-state index is 6.40. The van der Waals surface area contributed by atoms with E-state index in [1.165, 1.54) is 31.4 Å². The maximum absolute atomic E-state index is 6.40. The van der Waals surface area contributed by atoms with Crippen molar-refractivity contribution in [1.82, 2.24) is 15.1 Å². The van der Waals surface area contributed by atoms with E-state index in [9.17, 15) is 0 Å². The molecule has 0 atom stereocenters. The summed E-state index contributed by atoms with van der Waals surface area (Å²) < 4.78 is 1.98. The number of halogens is 1. The smallest absolute Gasteiger partial charge is 0.0847 e. The fourth-order valence-electron chi connectivity index (χ4n) is 3.75. The van der Waals surface area contributed by atoms with Crippen LogP contribution < -0.4 is 5.32 Å². The zero-order valence-electron chi connectivity index (χ0n) is 11.3. The first kappa shape index (κ1) is 12.5. The molecule has 0 amide bonds. The third kappa shape index (κ3) is 1.88. The van der Waals surface area contributed by atoms with Crippen molar-refractivity contribution in [3.05, 3.63) is 16.4 Å². The Hall–Kier alpha value is -0.540. The lowest BCUT2D eigenvalue weighted by molar-refractivity contribution is 0.0788. The van der Waals surface area contributed by atoms with Crippen LogP contribution in [0.2, 0.25) is 5.02 Å². The van der Waals surface area contributed by atoms with E-state index in [0.717, 1.165) is 36.1 Å². The average Bonchev–Trinajstić information content (AvgIpc) is 2.87. The number of aromatic nitrogens is 2. The zero-order chi connectivity index (χ0) is 12.8. The van der Waals surface area contributed by atoms with Crippen LogP contribution in [0.25, 0.3) is 0 Å². The maximum Gasteiger partial charge on any atom is 0.0847 e. The van der Waals surface area contributed by atoms with E-state index in [0.29, 0.717) is 5.41 Å². The van der Waals surface area contributed by atoms with Crippen LogP contribution in [0, 0.1) is 18.3 Å². The van der Waals surface area contributed by atoms with Gasteiger partial charge in [-0.3, -0.25) is 4.68 Å². The predicted molar refractivity (Wildman–Crippen MR) is 73.9 cm³/mol. The van der Waals surface area contributed by atoms with Gasteiger partial charge < -0.3 is 5.32 Å². The molecule has 1 aliphatic heterocycles. The molecule has 2 heterocycles. The SMILES string of the molecule is Cc1nn(C)c(CC2(C3CCCC3)CNC2)c1Cl. The highest BCUT2D eigenvalue weighted by Crippen LogP contribution is 2.45. The van der Waals surface area contributed by atoms with Crippen molar-refractivity contribution in [3.63, 3.8) is 0 Å². The summed E-state index contributed by atoms with van der Waals surface area (Å²) in [6.45, 7) is 4.30. The van der Waals surface area contributed by atoms with Gasteiger partial charge in [0.15, 0.2) is 0 Å². The van der Waals surface area contributed by atoms with Crippen molar-refractivity contribution >= 4 is 11.6 Å². The standard InChI is InChI=1S/C14H22ClN3/c1-10-13(15)12(18(2)17-10)7-14(8-16-9-14)11-5-3-4-6-11/h11,16H,3-9H2,1-2H3. The largest absolute Gasteiger partial charge is 0.315 e. The van der Waals surface area contributed by atoms with E-state index in [1.54, 1.807) is 0 Å². The molecule has 0 spiro atoms. The molecule has 1 aromatic rings. The average molecular weight is 268 g/mol. The molecule has 2 fully saturated rings. The molecule has 1 aromatic heterocycles. The van der Waals surface area contributed by atoms with Crippen LogP contribution >= 0.6 is 11.6 Å². The Kier molecular flexibility index (Phi) is 3.15. The molecule has 3 rings (SSSR count). The Labute approximate surface area is 114 Å². The second-order valence-electron chi connectivity index (χ2n) is 6.09. The molecular formula is C14H22ClN3. The van der Waals surface area contributed by atoms with Crippen molar-refractivity contribution in [2.45, 2.75) is 39.0 Å². The third-order valence-corrected chi connectivity index (χ3v) is 5.45. The summed E-state index contributed by atoms with van der Waals surface area (Å²) in [5, 5.41) is 8.79. The zero-order valence-corrected chi connectivity index (χ0v) is 12.1. The summed E-state index contributed by atoms with van der Waals surface area (Å²) in [4.78, 5) is 0. The fourth-order valence-corrected chi connectivity index (χ4v) is 3.97. The monoisotopic (exact) mass is 267 g/mol. The molecule has 0 radical (unpaired) electrons. The molecule has 3 nitrogen and oxygen atoms in total. The van der Waals surface area contributed by atoms with E-state index >= 15 is 0 Å². The molecule has 0 bridgehead atoms. The van der Waals surface area contributed by atoms with Crippen LogP contribution in [0.1, 0.15) is 37.1 Å². The van der Waals surface area contributed by atoms with E-state index in [1.807, 2.05) is 18.7 Å². The van der Waals surface area contributed by atoms with Crippen LogP contribution in [-0.4, -0.2) is 22.9 Å². The summed E-state index contributed by atoms with van der Waals surface area (Å²) in [6, 6.07) is 0. The molecule has 0 aromatic carbocycles. The normalized spacial score (nSPS) is 23.3. The topological polar surface area (TPSA) is 29.9 Å². The molecule has 1 N–H and O–H groups in total. The lowest BCUT2D eigenvalue weighted by Crippen LogP contribution is -2.58. The van der Waals surface area contributed by atoms with E-state index in [4.69, 9.17) is 11.6 Å². The second kappa shape index (κ2) is 4.53. The highest BCUT2D eigenvalue weighted by atomic mass is 35.5. The molecule has 1 saturated heterocycles. The molecule has 1 saturated carbocycles. The fraction of sp³-hybridized carbons (Fsp3) is 0.786. The summed E-state index contributed by atoms with van der Waals surface area (Å²) in [5.41, 5.74) is 2.63. The minimum Gasteiger partial charge on any atom is -0.315 e. The lowest BCUT2D eigenvalue weighted by Gasteiger charge is -2.47. The Bertz CT molecular complexity index is 442. The van der Waals surface area contributed by atoms with Gasteiger partial charge in [0.25, 0.3) is 0 Å². The number of aryl methyl sites for hydroxylation is 2. The van der Waals surface area contributed by atoms with Crippen molar-refractivity contribution in [2.75, 3.05) is 13.1 Å². The highest BCUT2D eigenvalue weighted by Gasteiger charge is 2.45. The lowest BCUT2D eigenvalue weighted by atomic mass is 9.67. The number of rotatable bonds is 3. The number of nitrogens with zero attached hydrogens (tertiary/aromatic N) is 2. The first-order valence-electron chi connectivity index (χ1n) is 7.01. The van der Waals surface area contributed by atoms with Crippen LogP contribution in [0.4, 0.5) is 0 Å². The molecular weight excluding hydrogens is 246 g/mol. The number of hydrogen-bond donors (Lipinski definition) is 1. The van der Waals surface area contributed by atoms with Crippen LogP contribution in [0.15, 0.2) is 0 Å². The minimum absolute atomic E-state index is 0.445. The molecule has 2 aliphatic rings. The van der Waals surface area contributed by atoms with Crippen molar-refractivity contribution in [3.8, 4) is 0 Å². The van der Waals surface area contributed by atoms with Crippen molar-refractivity contribution < 1.29 is 0 Å². The van der Waals surface area contributed by atoms with Gasteiger partial charge in [0.1, 0.15) is 0 Å². The molecule has 0 unspecified atom stereocenters. The van der Waals surface area contributed by atoms with E-state index in [-0.39, 0.29) is 0 Å². The Morgan fingerprint density at radius 2 is 2.06 bits per heavy atom. The summed E-state index contributed by atoms with van der Waals surface area (Å²) in [5.74, 6) is 0.880. The second-order valence-corrected chi connectivity index (χ2v) is 6.47.